The van der Waals surface area contributed by atoms with Gasteiger partial charge in [-0.3, -0.25) is 0 Å². The van der Waals surface area contributed by atoms with Crippen molar-refractivity contribution in [3.63, 3.8) is 0 Å². The lowest BCUT2D eigenvalue weighted by Gasteiger charge is -2.37. The number of hydrogen-bond donors (Lipinski definition) is 0. The van der Waals surface area contributed by atoms with Gasteiger partial charge < -0.3 is 9.47 Å². The zero-order chi connectivity index (χ0) is 21.4. The highest BCUT2D eigenvalue weighted by molar-refractivity contribution is 6.58. The van der Waals surface area contributed by atoms with Crippen molar-refractivity contribution in [1.82, 2.24) is 0 Å². The first kappa shape index (κ1) is 23.5. The average Bonchev–Trinajstić information content (AvgIpc) is 2.73. The molecule has 0 radical (unpaired) electrons. The summed E-state index contributed by atoms with van der Waals surface area (Å²) in [5.74, 6) is 2.83. The Bertz CT molecular complexity index is 604. The molecule has 0 atom stereocenters. The molecule has 170 valence electrons. The lowest BCUT2D eigenvalue weighted by molar-refractivity contribution is -0.274. The highest BCUT2D eigenvalue weighted by Crippen LogP contribution is 2.41. The van der Waals surface area contributed by atoms with E-state index in [1.54, 1.807) is 30.3 Å². The van der Waals surface area contributed by atoms with E-state index in [-0.39, 0.29) is 5.75 Å². The SMILES string of the molecule is CCCCC[SiH]1CCC([C@H]2CC[C@H](COc3ccc(OC(F)(F)F)cc3)CC2)CC1. The maximum absolute atomic E-state index is 12.2. The van der Waals surface area contributed by atoms with E-state index in [0.29, 0.717) is 18.3 Å². The van der Waals surface area contributed by atoms with Crippen molar-refractivity contribution < 1.29 is 22.6 Å². The van der Waals surface area contributed by atoms with Crippen LogP contribution in [0.15, 0.2) is 24.3 Å². The van der Waals surface area contributed by atoms with Crippen molar-refractivity contribution in [2.45, 2.75) is 89.2 Å². The standard InChI is InChI=1S/C24H37F3O2Si/c1-2-3-4-15-30-16-13-21(14-17-30)20-7-5-19(6-8-20)18-28-22-9-11-23(12-10-22)29-24(25,26)27/h9-12,19-21,30H,2-8,13-18H2,1H3/t19-,20-,21?,30?. The third-order valence-corrected chi connectivity index (χ3v) is 10.7. The van der Waals surface area contributed by atoms with E-state index >= 15 is 0 Å². The summed E-state index contributed by atoms with van der Waals surface area (Å²) in [7, 11) is -0.416. The van der Waals surface area contributed by atoms with E-state index in [9.17, 15) is 13.2 Å². The van der Waals surface area contributed by atoms with Gasteiger partial charge in [0.05, 0.1) is 6.61 Å². The Labute approximate surface area is 181 Å². The van der Waals surface area contributed by atoms with Crippen LogP contribution in [0.1, 0.15) is 64.7 Å². The number of rotatable bonds is 9. The minimum absolute atomic E-state index is 0.210. The molecule has 30 heavy (non-hydrogen) atoms. The zero-order valence-corrected chi connectivity index (χ0v) is 19.4. The molecule has 1 saturated carbocycles. The molecule has 2 nitrogen and oxygen atoms in total. The molecule has 2 fully saturated rings. The Morgan fingerprint density at radius 1 is 0.867 bits per heavy atom. The molecule has 0 amide bonds. The fourth-order valence-corrected chi connectivity index (χ4v) is 8.94. The molecule has 0 N–H and O–H groups in total. The topological polar surface area (TPSA) is 18.5 Å². The number of unbranched alkanes of at least 4 members (excludes halogenated alkanes) is 2. The Hall–Kier alpha value is -1.17. The predicted molar refractivity (Wildman–Crippen MR) is 118 cm³/mol. The third kappa shape index (κ3) is 7.82. The van der Waals surface area contributed by atoms with Crippen LogP contribution in [0.25, 0.3) is 0 Å². The highest BCUT2D eigenvalue weighted by atomic mass is 28.3. The van der Waals surface area contributed by atoms with Gasteiger partial charge in [0.25, 0.3) is 0 Å². The van der Waals surface area contributed by atoms with Gasteiger partial charge in [-0.25, -0.2) is 0 Å². The summed E-state index contributed by atoms with van der Waals surface area (Å²) in [5, 5.41) is 0. The van der Waals surface area contributed by atoms with Gasteiger partial charge in [-0.1, -0.05) is 57.2 Å². The lowest BCUT2D eigenvalue weighted by atomic mass is 9.74. The molecule has 2 aliphatic rings. The van der Waals surface area contributed by atoms with Crippen LogP contribution < -0.4 is 9.47 Å². The van der Waals surface area contributed by atoms with E-state index in [0.717, 1.165) is 11.8 Å². The number of benzene rings is 1. The third-order valence-electron chi connectivity index (χ3n) is 7.21. The molecule has 1 aromatic carbocycles. The van der Waals surface area contributed by atoms with E-state index in [1.165, 1.54) is 69.9 Å². The van der Waals surface area contributed by atoms with Crippen LogP contribution in [0.5, 0.6) is 11.5 Å². The van der Waals surface area contributed by atoms with E-state index < -0.39 is 15.2 Å². The van der Waals surface area contributed by atoms with Crippen LogP contribution in [0, 0.1) is 17.8 Å². The maximum Gasteiger partial charge on any atom is 0.573 e. The van der Waals surface area contributed by atoms with Gasteiger partial charge in [0.1, 0.15) is 11.5 Å². The van der Waals surface area contributed by atoms with Gasteiger partial charge in [-0.05, 0) is 67.7 Å². The molecule has 1 saturated heterocycles. The van der Waals surface area contributed by atoms with Crippen LogP contribution in [-0.2, 0) is 0 Å². The lowest BCUT2D eigenvalue weighted by Crippen LogP contribution is -2.29. The van der Waals surface area contributed by atoms with E-state index in [1.807, 2.05) is 0 Å². The number of hydrogen-bond acceptors (Lipinski definition) is 2. The van der Waals surface area contributed by atoms with Gasteiger partial charge in [-0.2, -0.15) is 0 Å². The summed E-state index contributed by atoms with van der Waals surface area (Å²) in [6.45, 7) is 2.95. The van der Waals surface area contributed by atoms with Crippen molar-refractivity contribution >= 4 is 8.80 Å². The molecule has 0 unspecified atom stereocenters. The quantitative estimate of drug-likeness (QED) is 0.290. The summed E-state index contributed by atoms with van der Waals surface area (Å²) < 4.78 is 46.4. The smallest absolute Gasteiger partial charge is 0.493 e. The monoisotopic (exact) mass is 442 g/mol. The minimum Gasteiger partial charge on any atom is -0.493 e. The number of halogens is 3. The first-order valence-corrected chi connectivity index (χ1v) is 14.4. The Kier molecular flexibility index (Phi) is 8.96. The second-order valence-electron chi connectivity index (χ2n) is 9.39. The van der Waals surface area contributed by atoms with Crippen molar-refractivity contribution in [1.29, 1.82) is 0 Å². The largest absolute Gasteiger partial charge is 0.573 e. The summed E-state index contributed by atoms with van der Waals surface area (Å²) in [5.41, 5.74) is 0. The molecule has 1 aliphatic heterocycles. The van der Waals surface area contributed by atoms with Gasteiger partial charge in [0.2, 0.25) is 0 Å². The molecule has 3 rings (SSSR count). The Morgan fingerprint density at radius 2 is 1.47 bits per heavy atom. The highest BCUT2D eigenvalue weighted by Gasteiger charge is 2.32. The number of ether oxygens (including phenoxy) is 2. The molecule has 1 aliphatic carbocycles. The molecule has 0 aromatic heterocycles. The average molecular weight is 443 g/mol. The van der Waals surface area contributed by atoms with Crippen LogP contribution >= 0.6 is 0 Å². The van der Waals surface area contributed by atoms with E-state index in [2.05, 4.69) is 11.7 Å². The second-order valence-corrected chi connectivity index (χ2v) is 12.9. The second kappa shape index (κ2) is 11.4. The fourth-order valence-electron chi connectivity index (χ4n) is 5.41. The van der Waals surface area contributed by atoms with Crippen molar-refractivity contribution in [3.8, 4) is 11.5 Å². The molecule has 1 heterocycles. The van der Waals surface area contributed by atoms with Gasteiger partial charge in [-0.15, -0.1) is 13.2 Å². The van der Waals surface area contributed by atoms with Gasteiger partial charge in [0, 0.05) is 8.80 Å². The zero-order valence-electron chi connectivity index (χ0n) is 18.3. The molecule has 6 heteroatoms. The molecule has 1 aromatic rings. The van der Waals surface area contributed by atoms with Crippen molar-refractivity contribution in [2.24, 2.45) is 17.8 Å². The van der Waals surface area contributed by atoms with Crippen LogP contribution in [-0.4, -0.2) is 21.8 Å². The Morgan fingerprint density at radius 3 is 2.07 bits per heavy atom. The number of alkyl halides is 3. The van der Waals surface area contributed by atoms with Crippen LogP contribution in [0.2, 0.25) is 18.1 Å². The van der Waals surface area contributed by atoms with E-state index in [4.69, 9.17) is 4.74 Å². The van der Waals surface area contributed by atoms with Crippen LogP contribution in [0.4, 0.5) is 13.2 Å². The van der Waals surface area contributed by atoms with Gasteiger partial charge in [0.15, 0.2) is 0 Å². The molecular weight excluding hydrogens is 405 g/mol. The summed E-state index contributed by atoms with van der Waals surface area (Å²) in [6, 6.07) is 10.4. The fraction of sp³-hybridized carbons (Fsp3) is 0.750. The normalized spacial score (nSPS) is 27.6. The van der Waals surface area contributed by atoms with Gasteiger partial charge >= 0.3 is 6.36 Å². The van der Waals surface area contributed by atoms with Crippen molar-refractivity contribution in [3.05, 3.63) is 24.3 Å². The molecular formula is C24H37F3O2Si. The molecule has 0 spiro atoms. The maximum atomic E-state index is 12.2. The predicted octanol–water partition coefficient (Wildman–Crippen LogP) is 7.60. The van der Waals surface area contributed by atoms with Crippen molar-refractivity contribution in [2.75, 3.05) is 6.61 Å². The summed E-state index contributed by atoms with van der Waals surface area (Å²) >= 11 is 0. The summed E-state index contributed by atoms with van der Waals surface area (Å²) in [6.07, 6.45) is 7.62. The summed E-state index contributed by atoms with van der Waals surface area (Å²) in [4.78, 5) is 0. The molecule has 0 bridgehead atoms. The minimum atomic E-state index is -4.66. The van der Waals surface area contributed by atoms with Crippen LogP contribution in [0.3, 0.4) is 0 Å². The first-order chi connectivity index (χ1) is 14.4. The first-order valence-electron chi connectivity index (χ1n) is 11.9. The Balaban J connectivity index is 1.32.